The summed E-state index contributed by atoms with van der Waals surface area (Å²) in [5.41, 5.74) is 5.62. The zero-order valence-corrected chi connectivity index (χ0v) is 7.89. The van der Waals surface area contributed by atoms with Gasteiger partial charge in [0.2, 0.25) is 5.91 Å². The van der Waals surface area contributed by atoms with Gasteiger partial charge >= 0.3 is 0 Å². The molecule has 1 fully saturated rings. The summed E-state index contributed by atoms with van der Waals surface area (Å²) in [6.45, 7) is 4.95. The molecular weight excluding hydrogens is 152 g/mol. The van der Waals surface area contributed by atoms with E-state index >= 15 is 0 Å². The molecule has 1 aliphatic rings. The first kappa shape index (κ1) is 9.52. The highest BCUT2D eigenvalue weighted by Crippen LogP contribution is 2.47. The highest BCUT2D eigenvalue weighted by atomic mass is 16.1. The molecule has 0 radical (unpaired) electrons. The van der Waals surface area contributed by atoms with Gasteiger partial charge in [-0.25, -0.2) is 0 Å². The molecule has 0 heterocycles. The minimum atomic E-state index is -0.262. The topological polar surface area (TPSA) is 55.1 Å². The maximum Gasteiger partial charge on any atom is 0.234 e. The maximum absolute atomic E-state index is 10.7. The molecule has 0 aromatic heterocycles. The van der Waals surface area contributed by atoms with Crippen molar-refractivity contribution in [2.75, 3.05) is 6.54 Å². The maximum atomic E-state index is 10.7. The number of carbonyl (C=O) groups is 1. The van der Waals surface area contributed by atoms with Crippen LogP contribution >= 0.6 is 0 Å². The Kier molecular flexibility index (Phi) is 2.73. The second-order valence-corrected chi connectivity index (χ2v) is 3.86. The van der Waals surface area contributed by atoms with E-state index in [9.17, 15) is 4.79 Å². The van der Waals surface area contributed by atoms with E-state index in [-0.39, 0.29) is 11.9 Å². The van der Waals surface area contributed by atoms with Crippen molar-refractivity contribution in [1.29, 1.82) is 0 Å². The molecule has 3 nitrogen and oxygen atoms in total. The lowest BCUT2D eigenvalue weighted by Gasteiger charge is -2.16. The molecule has 0 bridgehead atoms. The molecule has 1 aliphatic carbocycles. The largest absolute Gasteiger partial charge is 0.368 e. The minimum absolute atomic E-state index is 0.186. The van der Waals surface area contributed by atoms with Crippen LogP contribution in [-0.2, 0) is 4.79 Å². The highest BCUT2D eigenvalue weighted by Gasteiger charge is 2.40. The molecule has 1 rings (SSSR count). The predicted molar refractivity (Wildman–Crippen MR) is 48.6 cm³/mol. The fraction of sp³-hybridized carbons (Fsp3) is 0.889. The van der Waals surface area contributed by atoms with Crippen molar-refractivity contribution in [2.24, 2.45) is 11.1 Å². The zero-order chi connectivity index (χ0) is 9.19. The monoisotopic (exact) mass is 170 g/mol. The van der Waals surface area contributed by atoms with E-state index in [1.54, 1.807) is 0 Å². The van der Waals surface area contributed by atoms with Gasteiger partial charge in [-0.2, -0.15) is 0 Å². The molecule has 1 saturated carbocycles. The fourth-order valence-corrected chi connectivity index (χ4v) is 1.30. The van der Waals surface area contributed by atoms with Gasteiger partial charge in [0.15, 0.2) is 0 Å². The molecule has 3 heteroatoms. The summed E-state index contributed by atoms with van der Waals surface area (Å²) in [6.07, 6.45) is 3.79. The molecule has 1 unspecified atom stereocenters. The summed E-state index contributed by atoms with van der Waals surface area (Å²) in [6, 6.07) is -0.186. The molecule has 1 atom stereocenters. The van der Waals surface area contributed by atoms with Gasteiger partial charge in [-0.1, -0.05) is 6.92 Å². The van der Waals surface area contributed by atoms with Crippen LogP contribution in [0.4, 0.5) is 0 Å². The molecule has 0 aliphatic heterocycles. The van der Waals surface area contributed by atoms with E-state index in [1.165, 1.54) is 19.3 Å². The summed E-state index contributed by atoms with van der Waals surface area (Å²) in [5, 5.41) is 3.16. The first-order valence-corrected chi connectivity index (χ1v) is 4.62. The van der Waals surface area contributed by atoms with Crippen LogP contribution in [0.25, 0.3) is 0 Å². The Morgan fingerprint density at radius 1 is 1.67 bits per heavy atom. The van der Waals surface area contributed by atoms with Crippen LogP contribution in [0.1, 0.15) is 33.1 Å². The first-order chi connectivity index (χ1) is 5.59. The van der Waals surface area contributed by atoms with Gasteiger partial charge in [0.1, 0.15) is 0 Å². The standard InChI is InChI=1S/C9H18N2O/c1-3-9(4-5-9)6-11-7(2)8(10)12/h7,11H,3-6H2,1-2H3,(H2,10,12). The number of primary amides is 1. The Morgan fingerprint density at radius 3 is 2.58 bits per heavy atom. The Labute approximate surface area is 73.7 Å². The second kappa shape index (κ2) is 3.44. The van der Waals surface area contributed by atoms with Crippen LogP contribution in [0, 0.1) is 5.41 Å². The van der Waals surface area contributed by atoms with Crippen molar-refractivity contribution < 1.29 is 4.79 Å². The van der Waals surface area contributed by atoms with Crippen molar-refractivity contribution in [2.45, 2.75) is 39.2 Å². The molecule has 0 saturated heterocycles. The normalized spacial score (nSPS) is 21.8. The predicted octanol–water partition coefficient (Wildman–Crippen LogP) is 0.640. The molecule has 70 valence electrons. The van der Waals surface area contributed by atoms with Gasteiger partial charge in [0.25, 0.3) is 0 Å². The van der Waals surface area contributed by atoms with Gasteiger partial charge in [0.05, 0.1) is 6.04 Å². The quantitative estimate of drug-likeness (QED) is 0.636. The van der Waals surface area contributed by atoms with E-state index < -0.39 is 0 Å². The average molecular weight is 170 g/mol. The fourth-order valence-electron chi connectivity index (χ4n) is 1.30. The van der Waals surface area contributed by atoms with Gasteiger partial charge in [-0.15, -0.1) is 0 Å². The third kappa shape index (κ3) is 2.21. The van der Waals surface area contributed by atoms with Crippen LogP contribution in [0.3, 0.4) is 0 Å². The molecule has 0 aromatic rings. The third-order valence-electron chi connectivity index (χ3n) is 2.92. The Hall–Kier alpha value is -0.570. The van der Waals surface area contributed by atoms with Crippen LogP contribution in [0.2, 0.25) is 0 Å². The van der Waals surface area contributed by atoms with Gasteiger partial charge in [-0.3, -0.25) is 4.79 Å². The lowest BCUT2D eigenvalue weighted by Crippen LogP contribution is -2.41. The number of nitrogens with two attached hydrogens (primary N) is 1. The van der Waals surface area contributed by atoms with Gasteiger partial charge in [-0.05, 0) is 31.6 Å². The number of hydrogen-bond acceptors (Lipinski definition) is 2. The Balaban J connectivity index is 2.21. The van der Waals surface area contributed by atoms with E-state index in [0.717, 1.165) is 6.54 Å². The Morgan fingerprint density at radius 2 is 2.25 bits per heavy atom. The lowest BCUT2D eigenvalue weighted by molar-refractivity contribution is -0.119. The SMILES string of the molecule is CCC1(CNC(C)C(N)=O)CC1. The smallest absolute Gasteiger partial charge is 0.234 e. The van der Waals surface area contributed by atoms with E-state index in [1.807, 2.05) is 6.92 Å². The molecule has 0 spiro atoms. The Bertz CT molecular complexity index is 175. The lowest BCUT2D eigenvalue weighted by atomic mass is 10.0. The van der Waals surface area contributed by atoms with Crippen LogP contribution < -0.4 is 11.1 Å². The highest BCUT2D eigenvalue weighted by molar-refractivity contribution is 5.79. The van der Waals surface area contributed by atoms with E-state index in [2.05, 4.69) is 12.2 Å². The van der Waals surface area contributed by atoms with Crippen LogP contribution in [0.5, 0.6) is 0 Å². The number of rotatable bonds is 5. The van der Waals surface area contributed by atoms with Crippen LogP contribution in [0.15, 0.2) is 0 Å². The molecule has 12 heavy (non-hydrogen) atoms. The van der Waals surface area contributed by atoms with Crippen molar-refractivity contribution in [3.8, 4) is 0 Å². The summed E-state index contributed by atoms with van der Waals surface area (Å²) in [5.74, 6) is -0.262. The van der Waals surface area contributed by atoms with Crippen molar-refractivity contribution in [3.63, 3.8) is 0 Å². The number of carbonyl (C=O) groups excluding carboxylic acids is 1. The van der Waals surface area contributed by atoms with Gasteiger partial charge < -0.3 is 11.1 Å². The van der Waals surface area contributed by atoms with Crippen LogP contribution in [-0.4, -0.2) is 18.5 Å². The van der Waals surface area contributed by atoms with Crippen molar-refractivity contribution in [3.05, 3.63) is 0 Å². The molecule has 0 aromatic carbocycles. The summed E-state index contributed by atoms with van der Waals surface area (Å²) in [7, 11) is 0. The minimum Gasteiger partial charge on any atom is -0.368 e. The first-order valence-electron chi connectivity index (χ1n) is 4.62. The van der Waals surface area contributed by atoms with E-state index in [0.29, 0.717) is 5.41 Å². The summed E-state index contributed by atoms with van der Waals surface area (Å²) >= 11 is 0. The third-order valence-corrected chi connectivity index (χ3v) is 2.92. The van der Waals surface area contributed by atoms with Crippen molar-refractivity contribution >= 4 is 5.91 Å². The second-order valence-electron chi connectivity index (χ2n) is 3.86. The molecular formula is C9H18N2O. The zero-order valence-electron chi connectivity index (χ0n) is 7.89. The molecule has 1 amide bonds. The summed E-state index contributed by atoms with van der Waals surface area (Å²) in [4.78, 5) is 10.7. The number of amides is 1. The van der Waals surface area contributed by atoms with Gasteiger partial charge in [0, 0.05) is 6.54 Å². The van der Waals surface area contributed by atoms with Crippen molar-refractivity contribution in [1.82, 2.24) is 5.32 Å². The average Bonchev–Trinajstić information content (AvgIpc) is 2.81. The number of nitrogens with one attached hydrogen (secondary N) is 1. The number of hydrogen-bond donors (Lipinski definition) is 2. The molecule has 3 N–H and O–H groups in total. The van der Waals surface area contributed by atoms with E-state index in [4.69, 9.17) is 5.73 Å². The summed E-state index contributed by atoms with van der Waals surface area (Å²) < 4.78 is 0.